The Hall–Kier alpha value is -1.03. The molecule has 2 rings (SSSR count). The van der Waals surface area contributed by atoms with E-state index in [1.54, 1.807) is 18.2 Å². The summed E-state index contributed by atoms with van der Waals surface area (Å²) < 4.78 is 0. The van der Waals surface area contributed by atoms with Crippen LogP contribution in [0.5, 0.6) is 5.75 Å². The minimum Gasteiger partial charge on any atom is -0.508 e. The monoisotopic (exact) mass is 297 g/mol. The number of rotatable bonds is 1. The van der Waals surface area contributed by atoms with E-state index in [1.807, 2.05) is 4.90 Å². The molecule has 1 amide bonds. The van der Waals surface area contributed by atoms with Crippen molar-refractivity contribution in [1.82, 2.24) is 4.90 Å². The van der Waals surface area contributed by atoms with Crippen LogP contribution in [0.15, 0.2) is 24.3 Å². The van der Waals surface area contributed by atoms with Crippen molar-refractivity contribution in [3.8, 4) is 5.75 Å². The van der Waals surface area contributed by atoms with Crippen molar-refractivity contribution in [2.75, 3.05) is 13.1 Å². The molecule has 0 bridgehead atoms. The minimum absolute atomic E-state index is 0.00255. The Morgan fingerprint density at radius 1 is 1.53 bits per heavy atom. The molecule has 1 aromatic rings. The van der Waals surface area contributed by atoms with Gasteiger partial charge in [0.25, 0.3) is 5.91 Å². The second-order valence-corrected chi connectivity index (χ2v) is 5.76. The summed E-state index contributed by atoms with van der Waals surface area (Å²) in [4.78, 5) is 14.4. The molecule has 1 fully saturated rings. The van der Waals surface area contributed by atoms with Crippen LogP contribution in [0, 0.1) is 5.92 Å². The first-order valence-electron chi connectivity index (χ1n) is 5.80. The number of aromatic hydroxyl groups is 1. The third-order valence-electron chi connectivity index (χ3n) is 3.25. The Labute approximate surface area is 110 Å². The first-order valence-corrected chi connectivity index (χ1v) is 6.72. The Bertz CT molecular complexity index is 422. The van der Waals surface area contributed by atoms with E-state index in [4.69, 9.17) is 0 Å². The standard InChI is InChI=1S/C13H16BrNO2/c1-9-5-6-15(8-12(9)14)13(17)10-3-2-4-11(16)7-10/h2-4,7,9,12,16H,5-6,8H2,1H3. The molecule has 0 saturated carbocycles. The van der Waals surface area contributed by atoms with Gasteiger partial charge in [0.15, 0.2) is 0 Å². The highest BCUT2D eigenvalue weighted by atomic mass is 79.9. The number of carbonyl (C=O) groups is 1. The number of likely N-dealkylation sites (tertiary alicyclic amines) is 1. The molecule has 1 aromatic carbocycles. The number of phenols is 1. The molecule has 0 aliphatic carbocycles. The second kappa shape index (κ2) is 5.08. The molecule has 1 aliphatic rings. The second-order valence-electron chi connectivity index (χ2n) is 4.58. The molecule has 0 radical (unpaired) electrons. The number of piperidine rings is 1. The maximum atomic E-state index is 12.2. The Balaban J connectivity index is 2.10. The predicted octanol–water partition coefficient (Wildman–Crippen LogP) is 2.64. The molecule has 1 saturated heterocycles. The predicted molar refractivity (Wildman–Crippen MR) is 70.5 cm³/mol. The summed E-state index contributed by atoms with van der Waals surface area (Å²) in [5.74, 6) is 0.733. The van der Waals surface area contributed by atoms with Crippen LogP contribution in [0.3, 0.4) is 0 Å². The normalized spacial score (nSPS) is 24.7. The van der Waals surface area contributed by atoms with Crippen molar-refractivity contribution in [3.63, 3.8) is 0 Å². The topological polar surface area (TPSA) is 40.5 Å². The third kappa shape index (κ3) is 2.80. The molecule has 2 unspecified atom stereocenters. The molecule has 0 spiro atoms. The van der Waals surface area contributed by atoms with Crippen molar-refractivity contribution in [2.45, 2.75) is 18.2 Å². The van der Waals surface area contributed by atoms with E-state index in [9.17, 15) is 9.90 Å². The molecular weight excluding hydrogens is 282 g/mol. The molecule has 17 heavy (non-hydrogen) atoms. The smallest absolute Gasteiger partial charge is 0.254 e. The first-order chi connectivity index (χ1) is 8.08. The number of carbonyl (C=O) groups excluding carboxylic acids is 1. The van der Waals surface area contributed by atoms with Crippen LogP contribution in [0.4, 0.5) is 0 Å². The average molecular weight is 298 g/mol. The zero-order valence-electron chi connectivity index (χ0n) is 9.77. The van der Waals surface area contributed by atoms with Crippen molar-refractivity contribution < 1.29 is 9.90 Å². The van der Waals surface area contributed by atoms with Gasteiger partial charge in [-0.15, -0.1) is 0 Å². The van der Waals surface area contributed by atoms with E-state index in [1.165, 1.54) is 6.07 Å². The molecular formula is C13H16BrNO2. The fraction of sp³-hybridized carbons (Fsp3) is 0.462. The molecule has 2 atom stereocenters. The van der Waals surface area contributed by atoms with Crippen LogP contribution in [-0.2, 0) is 0 Å². The molecule has 1 aliphatic heterocycles. The minimum atomic E-state index is -0.00255. The zero-order chi connectivity index (χ0) is 12.4. The third-order valence-corrected chi connectivity index (χ3v) is 4.44. The lowest BCUT2D eigenvalue weighted by molar-refractivity contribution is 0.0705. The lowest BCUT2D eigenvalue weighted by Gasteiger charge is -2.34. The van der Waals surface area contributed by atoms with Gasteiger partial charge in [0.05, 0.1) is 0 Å². The van der Waals surface area contributed by atoms with Gasteiger partial charge in [-0.05, 0) is 30.5 Å². The zero-order valence-corrected chi connectivity index (χ0v) is 11.4. The van der Waals surface area contributed by atoms with E-state index in [2.05, 4.69) is 22.9 Å². The highest BCUT2D eigenvalue weighted by Gasteiger charge is 2.27. The number of hydrogen-bond donors (Lipinski definition) is 1. The van der Waals surface area contributed by atoms with Gasteiger partial charge >= 0.3 is 0 Å². The van der Waals surface area contributed by atoms with Gasteiger partial charge in [0.2, 0.25) is 0 Å². The lowest BCUT2D eigenvalue weighted by Crippen LogP contribution is -2.43. The van der Waals surface area contributed by atoms with Crippen molar-refractivity contribution >= 4 is 21.8 Å². The van der Waals surface area contributed by atoms with E-state index in [0.717, 1.165) is 19.5 Å². The van der Waals surface area contributed by atoms with Gasteiger partial charge in [0.1, 0.15) is 5.75 Å². The maximum absolute atomic E-state index is 12.2. The number of phenolic OH excluding ortho intramolecular Hbond substituents is 1. The Morgan fingerprint density at radius 3 is 2.94 bits per heavy atom. The van der Waals surface area contributed by atoms with Crippen LogP contribution in [-0.4, -0.2) is 33.8 Å². The largest absolute Gasteiger partial charge is 0.508 e. The van der Waals surface area contributed by atoms with E-state index < -0.39 is 0 Å². The van der Waals surface area contributed by atoms with Gasteiger partial charge in [-0.3, -0.25) is 4.79 Å². The van der Waals surface area contributed by atoms with Crippen LogP contribution in [0.1, 0.15) is 23.7 Å². The van der Waals surface area contributed by atoms with Crippen LogP contribution in [0.25, 0.3) is 0 Å². The quantitative estimate of drug-likeness (QED) is 0.810. The molecule has 1 heterocycles. The summed E-state index contributed by atoms with van der Waals surface area (Å²) in [6.45, 7) is 3.71. The van der Waals surface area contributed by atoms with Crippen LogP contribution >= 0.6 is 15.9 Å². The average Bonchev–Trinajstić information content (AvgIpc) is 2.32. The van der Waals surface area contributed by atoms with E-state index in [0.29, 0.717) is 16.3 Å². The van der Waals surface area contributed by atoms with E-state index in [-0.39, 0.29) is 11.7 Å². The van der Waals surface area contributed by atoms with Gasteiger partial charge in [0, 0.05) is 23.5 Å². The summed E-state index contributed by atoms with van der Waals surface area (Å²) in [6, 6.07) is 6.52. The SMILES string of the molecule is CC1CCN(C(=O)c2cccc(O)c2)CC1Br. The molecule has 0 aromatic heterocycles. The number of alkyl halides is 1. The van der Waals surface area contributed by atoms with Crippen molar-refractivity contribution in [1.29, 1.82) is 0 Å². The highest BCUT2D eigenvalue weighted by molar-refractivity contribution is 9.09. The Morgan fingerprint density at radius 2 is 2.29 bits per heavy atom. The maximum Gasteiger partial charge on any atom is 0.254 e. The molecule has 1 N–H and O–H groups in total. The van der Waals surface area contributed by atoms with Gasteiger partial charge in [-0.1, -0.05) is 28.9 Å². The summed E-state index contributed by atoms with van der Waals surface area (Å²) in [7, 11) is 0. The number of hydrogen-bond acceptors (Lipinski definition) is 2. The Kier molecular flexibility index (Phi) is 3.72. The molecule has 3 nitrogen and oxygen atoms in total. The number of halogens is 1. The number of benzene rings is 1. The molecule has 92 valence electrons. The van der Waals surface area contributed by atoms with Crippen molar-refractivity contribution in [2.24, 2.45) is 5.92 Å². The fourth-order valence-corrected chi connectivity index (χ4v) is 2.64. The van der Waals surface area contributed by atoms with Gasteiger partial charge in [-0.2, -0.15) is 0 Å². The number of nitrogens with zero attached hydrogens (tertiary/aromatic N) is 1. The van der Waals surface area contributed by atoms with Gasteiger partial charge < -0.3 is 10.0 Å². The van der Waals surface area contributed by atoms with Crippen LogP contribution < -0.4 is 0 Å². The first kappa shape index (κ1) is 12.4. The fourth-order valence-electron chi connectivity index (χ4n) is 2.03. The summed E-state index contributed by atoms with van der Waals surface area (Å²) in [5.41, 5.74) is 0.555. The summed E-state index contributed by atoms with van der Waals surface area (Å²) >= 11 is 3.61. The van der Waals surface area contributed by atoms with Gasteiger partial charge in [-0.25, -0.2) is 0 Å². The summed E-state index contributed by atoms with van der Waals surface area (Å²) in [5, 5.41) is 9.37. The highest BCUT2D eigenvalue weighted by Crippen LogP contribution is 2.24. The molecule has 4 heteroatoms. The van der Waals surface area contributed by atoms with E-state index >= 15 is 0 Å². The number of amides is 1. The lowest BCUT2D eigenvalue weighted by atomic mass is 9.98. The summed E-state index contributed by atoms with van der Waals surface area (Å²) in [6.07, 6.45) is 1.01. The van der Waals surface area contributed by atoms with Crippen LogP contribution in [0.2, 0.25) is 0 Å². The van der Waals surface area contributed by atoms with Crippen molar-refractivity contribution in [3.05, 3.63) is 29.8 Å².